The van der Waals surface area contributed by atoms with E-state index in [-0.39, 0.29) is 0 Å². The molecule has 3 fully saturated rings. The SMILES string of the molecule is CC(=O)N[C@@H]1[C@H](O[C@H]2[C@@H](O)[C@@H](NC(C)=O)[C@@H](O[C@H]3[C@@H](O)[C@@H](NC(C)=O)[C@@H](O)O[C@H]3CO)O[C@H]2CO)O[C@H](CO)[C@@H](O)[C@@H]1O. The van der Waals surface area contributed by atoms with Crippen molar-refractivity contribution in [3.63, 3.8) is 0 Å². The molecule has 0 bridgehead atoms. The van der Waals surface area contributed by atoms with Crippen LogP contribution < -0.4 is 16.0 Å². The van der Waals surface area contributed by atoms with Crippen molar-refractivity contribution in [2.75, 3.05) is 19.8 Å². The van der Waals surface area contributed by atoms with Gasteiger partial charge in [-0.2, -0.15) is 0 Å². The Hall–Kier alpha value is -2.11. The zero-order valence-electron chi connectivity index (χ0n) is 23.6. The normalized spacial score (nSPS) is 43.5. The Morgan fingerprint density at radius 3 is 1.37 bits per heavy atom. The van der Waals surface area contributed by atoms with E-state index in [0.29, 0.717) is 0 Å². The Kier molecular flexibility index (Phi) is 12.5. The molecule has 0 saturated carbocycles. The molecule has 0 aromatic heterocycles. The van der Waals surface area contributed by atoms with Gasteiger partial charge in [-0.15, -0.1) is 0 Å². The molecule has 0 radical (unpaired) electrons. The van der Waals surface area contributed by atoms with Crippen molar-refractivity contribution in [1.29, 1.82) is 0 Å². The minimum absolute atomic E-state index is 0.628. The van der Waals surface area contributed by atoms with Crippen LogP contribution in [0.3, 0.4) is 0 Å². The number of ether oxygens (including phenoxy) is 5. The lowest BCUT2D eigenvalue weighted by atomic mass is 9.93. The second kappa shape index (κ2) is 15.3. The number of carbonyl (C=O) groups is 3. The first-order valence-electron chi connectivity index (χ1n) is 13.5. The minimum Gasteiger partial charge on any atom is -0.394 e. The first-order chi connectivity index (χ1) is 20.2. The third-order valence-corrected chi connectivity index (χ3v) is 7.30. The molecule has 3 aliphatic heterocycles. The second-order valence-electron chi connectivity index (χ2n) is 10.5. The van der Waals surface area contributed by atoms with Crippen molar-refractivity contribution in [1.82, 2.24) is 16.0 Å². The number of nitrogens with one attached hydrogen (secondary N) is 3. The molecule has 19 heteroatoms. The van der Waals surface area contributed by atoms with Gasteiger partial charge in [0.25, 0.3) is 0 Å². The highest BCUT2D eigenvalue weighted by Gasteiger charge is 2.54. The minimum atomic E-state index is -1.77. The summed E-state index contributed by atoms with van der Waals surface area (Å²) in [6, 6.07) is -4.31. The van der Waals surface area contributed by atoms with Crippen molar-refractivity contribution in [2.45, 2.75) is 113 Å². The molecule has 3 rings (SSSR count). The van der Waals surface area contributed by atoms with Gasteiger partial charge in [0.2, 0.25) is 17.7 Å². The fourth-order valence-corrected chi connectivity index (χ4v) is 5.28. The molecule has 0 spiro atoms. The summed E-state index contributed by atoms with van der Waals surface area (Å²) < 4.78 is 28.3. The Balaban J connectivity index is 1.89. The van der Waals surface area contributed by atoms with E-state index in [0.717, 1.165) is 20.8 Å². The van der Waals surface area contributed by atoms with Crippen LogP contribution in [0.25, 0.3) is 0 Å². The summed E-state index contributed by atoms with van der Waals surface area (Å²) in [6.07, 6.45) is -19.0. The number of hydrogen-bond donors (Lipinski definition) is 11. The molecule has 0 unspecified atom stereocenters. The first-order valence-corrected chi connectivity index (χ1v) is 13.5. The highest BCUT2D eigenvalue weighted by molar-refractivity contribution is 5.74. The van der Waals surface area contributed by atoms with Gasteiger partial charge in [0.05, 0.1) is 19.8 Å². The molecule has 3 heterocycles. The van der Waals surface area contributed by atoms with Crippen LogP contribution in [0.15, 0.2) is 0 Å². The molecule has 3 aliphatic rings. The van der Waals surface area contributed by atoms with Crippen LogP contribution in [0.1, 0.15) is 20.8 Å². The highest BCUT2D eigenvalue weighted by Crippen LogP contribution is 2.32. The molecule has 15 atom stereocenters. The maximum atomic E-state index is 12.1. The maximum absolute atomic E-state index is 12.1. The fraction of sp³-hybridized carbons (Fsp3) is 0.875. The quantitative estimate of drug-likeness (QED) is 0.107. The predicted molar refractivity (Wildman–Crippen MR) is 136 cm³/mol. The van der Waals surface area contributed by atoms with Gasteiger partial charge in [0.1, 0.15) is 73.1 Å². The van der Waals surface area contributed by atoms with E-state index >= 15 is 0 Å². The third kappa shape index (κ3) is 8.14. The van der Waals surface area contributed by atoms with E-state index < -0.39 is 129 Å². The number of aliphatic hydroxyl groups is 8. The smallest absolute Gasteiger partial charge is 0.217 e. The third-order valence-electron chi connectivity index (χ3n) is 7.30. The summed E-state index contributed by atoms with van der Waals surface area (Å²) in [4.78, 5) is 35.5. The molecule has 0 aromatic rings. The summed E-state index contributed by atoms with van der Waals surface area (Å²) in [7, 11) is 0. The molecule has 248 valence electrons. The van der Waals surface area contributed by atoms with E-state index in [4.69, 9.17) is 23.7 Å². The predicted octanol–water partition coefficient (Wildman–Crippen LogP) is -7.14. The largest absolute Gasteiger partial charge is 0.394 e. The average Bonchev–Trinajstić information content (AvgIpc) is 2.94. The van der Waals surface area contributed by atoms with Gasteiger partial charge in [0, 0.05) is 20.8 Å². The van der Waals surface area contributed by atoms with E-state index in [9.17, 15) is 55.2 Å². The van der Waals surface area contributed by atoms with Gasteiger partial charge in [-0.05, 0) is 0 Å². The number of aliphatic hydroxyl groups excluding tert-OH is 8. The van der Waals surface area contributed by atoms with Crippen LogP contribution in [0.4, 0.5) is 0 Å². The van der Waals surface area contributed by atoms with Crippen LogP contribution in [-0.2, 0) is 38.1 Å². The zero-order valence-corrected chi connectivity index (χ0v) is 23.6. The Labute approximate surface area is 245 Å². The van der Waals surface area contributed by atoms with Crippen molar-refractivity contribution in [3.8, 4) is 0 Å². The van der Waals surface area contributed by atoms with Crippen LogP contribution in [-0.4, -0.2) is 170 Å². The topological polar surface area (TPSA) is 295 Å². The molecule has 0 aromatic carbocycles. The van der Waals surface area contributed by atoms with E-state index in [2.05, 4.69) is 16.0 Å². The van der Waals surface area contributed by atoms with Gasteiger partial charge in [-0.1, -0.05) is 0 Å². The summed E-state index contributed by atoms with van der Waals surface area (Å²) in [5.41, 5.74) is 0. The summed E-state index contributed by atoms with van der Waals surface area (Å²) in [5, 5.41) is 90.0. The fourth-order valence-electron chi connectivity index (χ4n) is 5.28. The van der Waals surface area contributed by atoms with Crippen LogP contribution >= 0.6 is 0 Å². The van der Waals surface area contributed by atoms with Gasteiger partial charge < -0.3 is 80.5 Å². The van der Waals surface area contributed by atoms with E-state index in [1.807, 2.05) is 0 Å². The van der Waals surface area contributed by atoms with Gasteiger partial charge in [-0.3, -0.25) is 14.4 Å². The number of amides is 3. The lowest BCUT2D eigenvalue weighted by Gasteiger charge is -2.49. The van der Waals surface area contributed by atoms with Crippen LogP contribution in [0, 0.1) is 0 Å². The monoisotopic (exact) mass is 627 g/mol. The Morgan fingerprint density at radius 2 is 0.930 bits per heavy atom. The molecule has 0 aliphatic carbocycles. The van der Waals surface area contributed by atoms with Crippen molar-refractivity contribution in [2.24, 2.45) is 0 Å². The molecule has 3 saturated heterocycles. The lowest BCUT2D eigenvalue weighted by Crippen LogP contribution is -2.71. The number of carbonyl (C=O) groups excluding carboxylic acids is 3. The van der Waals surface area contributed by atoms with Gasteiger partial charge >= 0.3 is 0 Å². The Morgan fingerprint density at radius 1 is 0.558 bits per heavy atom. The molecular weight excluding hydrogens is 586 g/mol. The number of rotatable bonds is 10. The summed E-state index contributed by atoms with van der Waals surface area (Å²) in [6.45, 7) is 0.995. The molecule has 43 heavy (non-hydrogen) atoms. The van der Waals surface area contributed by atoms with Gasteiger partial charge in [0.15, 0.2) is 18.9 Å². The van der Waals surface area contributed by atoms with Crippen LogP contribution in [0.5, 0.6) is 0 Å². The summed E-state index contributed by atoms with van der Waals surface area (Å²) >= 11 is 0. The van der Waals surface area contributed by atoms with Crippen LogP contribution in [0.2, 0.25) is 0 Å². The zero-order chi connectivity index (χ0) is 32.2. The summed E-state index contributed by atoms with van der Waals surface area (Å²) in [5.74, 6) is -1.96. The van der Waals surface area contributed by atoms with Crippen molar-refractivity contribution in [3.05, 3.63) is 0 Å². The molecule has 19 nitrogen and oxygen atoms in total. The first kappa shape index (κ1) is 35.4. The molecule has 11 N–H and O–H groups in total. The standard InChI is InChI=1S/C24H41N3O16/c1-7(31)25-13-18(36)20(11(5-29)39-22(13)38)42-24-15(27-9(3)33)19(37)21(12(6-30)41-24)43-23-14(26-8(2)32)17(35)16(34)10(4-28)40-23/h10-24,28-30,34-38H,4-6H2,1-3H3,(H,25,31)(H,26,32)(H,27,33)/t10-,11+,12+,13-,14+,15-,16-,17-,18+,19+,20-,21-,22+,23+,24-/m1/s1. The maximum Gasteiger partial charge on any atom is 0.217 e. The highest BCUT2D eigenvalue weighted by atomic mass is 16.7. The van der Waals surface area contributed by atoms with E-state index in [1.165, 1.54) is 0 Å². The molecule has 3 amide bonds. The average molecular weight is 628 g/mol. The van der Waals surface area contributed by atoms with E-state index in [1.54, 1.807) is 0 Å². The van der Waals surface area contributed by atoms with Crippen molar-refractivity contribution < 1.29 is 78.9 Å². The van der Waals surface area contributed by atoms with Crippen molar-refractivity contribution >= 4 is 17.7 Å². The lowest BCUT2D eigenvalue weighted by molar-refractivity contribution is -0.351. The van der Waals surface area contributed by atoms with Gasteiger partial charge in [-0.25, -0.2) is 0 Å². The molecular formula is C24H41N3O16. The Bertz CT molecular complexity index is 962. The second-order valence-corrected chi connectivity index (χ2v) is 10.5. The number of hydrogen-bond acceptors (Lipinski definition) is 16.